The SMILES string of the molecule is CCNc1cc(NC2CCCC2OC)nc(C2CC2)n1. The third-order valence-electron chi connectivity index (χ3n) is 4.13. The molecule has 0 saturated heterocycles. The molecule has 0 amide bonds. The minimum Gasteiger partial charge on any atom is -0.379 e. The highest BCUT2D eigenvalue weighted by molar-refractivity contribution is 5.49. The first-order chi connectivity index (χ1) is 9.80. The molecule has 1 aromatic rings. The summed E-state index contributed by atoms with van der Waals surface area (Å²) in [5.74, 6) is 3.42. The Labute approximate surface area is 120 Å². The van der Waals surface area contributed by atoms with Crippen molar-refractivity contribution in [1.29, 1.82) is 0 Å². The molecule has 110 valence electrons. The quantitative estimate of drug-likeness (QED) is 0.836. The van der Waals surface area contributed by atoms with Gasteiger partial charge >= 0.3 is 0 Å². The van der Waals surface area contributed by atoms with Crippen molar-refractivity contribution in [2.45, 2.75) is 57.1 Å². The van der Waals surface area contributed by atoms with Gasteiger partial charge in [0.15, 0.2) is 0 Å². The summed E-state index contributed by atoms with van der Waals surface area (Å²) in [7, 11) is 1.80. The molecule has 0 aromatic carbocycles. The summed E-state index contributed by atoms with van der Waals surface area (Å²) in [5.41, 5.74) is 0. The molecule has 5 nitrogen and oxygen atoms in total. The van der Waals surface area contributed by atoms with E-state index in [0.29, 0.717) is 18.1 Å². The Morgan fingerprint density at radius 1 is 1.20 bits per heavy atom. The molecule has 0 spiro atoms. The van der Waals surface area contributed by atoms with E-state index in [1.54, 1.807) is 7.11 Å². The lowest BCUT2D eigenvalue weighted by molar-refractivity contribution is 0.101. The molecule has 2 aliphatic carbocycles. The predicted molar refractivity (Wildman–Crippen MR) is 80.2 cm³/mol. The Bertz CT molecular complexity index is 461. The van der Waals surface area contributed by atoms with Crippen LogP contribution in [0.5, 0.6) is 0 Å². The van der Waals surface area contributed by atoms with Gasteiger partial charge in [0.05, 0.1) is 12.1 Å². The van der Waals surface area contributed by atoms with E-state index in [4.69, 9.17) is 9.72 Å². The first kappa shape index (κ1) is 13.6. The highest BCUT2D eigenvalue weighted by atomic mass is 16.5. The van der Waals surface area contributed by atoms with Crippen LogP contribution in [0.2, 0.25) is 0 Å². The minimum absolute atomic E-state index is 0.303. The Morgan fingerprint density at radius 3 is 2.70 bits per heavy atom. The van der Waals surface area contributed by atoms with Crippen LogP contribution in [-0.2, 0) is 4.74 Å². The molecule has 2 aliphatic rings. The molecule has 1 heterocycles. The molecule has 2 N–H and O–H groups in total. The summed E-state index contributed by atoms with van der Waals surface area (Å²) in [5, 5.41) is 6.85. The Morgan fingerprint density at radius 2 is 2.00 bits per heavy atom. The van der Waals surface area contributed by atoms with Gasteiger partial charge in [-0.1, -0.05) is 0 Å². The lowest BCUT2D eigenvalue weighted by Crippen LogP contribution is -2.30. The highest BCUT2D eigenvalue weighted by Crippen LogP contribution is 2.39. The number of aromatic nitrogens is 2. The molecule has 2 unspecified atom stereocenters. The molecule has 1 aromatic heterocycles. The van der Waals surface area contributed by atoms with E-state index >= 15 is 0 Å². The number of anilines is 2. The van der Waals surface area contributed by atoms with Crippen LogP contribution in [-0.4, -0.2) is 35.8 Å². The van der Waals surface area contributed by atoms with E-state index in [1.807, 2.05) is 6.07 Å². The van der Waals surface area contributed by atoms with E-state index in [0.717, 1.165) is 36.8 Å². The topological polar surface area (TPSA) is 59.1 Å². The second-order valence-electron chi connectivity index (χ2n) is 5.76. The van der Waals surface area contributed by atoms with E-state index in [-0.39, 0.29) is 0 Å². The van der Waals surface area contributed by atoms with Crippen LogP contribution in [0.4, 0.5) is 11.6 Å². The van der Waals surface area contributed by atoms with Gasteiger partial charge in [-0.3, -0.25) is 0 Å². The van der Waals surface area contributed by atoms with Crippen molar-refractivity contribution in [3.8, 4) is 0 Å². The molecule has 0 bridgehead atoms. The number of ether oxygens (including phenoxy) is 1. The monoisotopic (exact) mass is 276 g/mol. The average Bonchev–Trinajstić information content (AvgIpc) is 3.20. The Balaban J connectivity index is 1.77. The lowest BCUT2D eigenvalue weighted by atomic mass is 10.2. The molecule has 2 fully saturated rings. The van der Waals surface area contributed by atoms with Gasteiger partial charge in [-0.25, -0.2) is 9.97 Å². The normalized spacial score (nSPS) is 25.7. The van der Waals surface area contributed by atoms with Crippen LogP contribution in [0.15, 0.2) is 6.07 Å². The van der Waals surface area contributed by atoms with Crippen LogP contribution in [0.1, 0.15) is 50.8 Å². The maximum Gasteiger partial charge on any atom is 0.136 e. The van der Waals surface area contributed by atoms with Crippen molar-refractivity contribution in [2.24, 2.45) is 0 Å². The third-order valence-corrected chi connectivity index (χ3v) is 4.13. The zero-order chi connectivity index (χ0) is 13.9. The van der Waals surface area contributed by atoms with E-state index in [2.05, 4.69) is 22.5 Å². The Kier molecular flexibility index (Phi) is 4.05. The van der Waals surface area contributed by atoms with Gasteiger partial charge in [-0.2, -0.15) is 0 Å². The molecule has 0 aliphatic heterocycles. The number of hydrogen-bond donors (Lipinski definition) is 2. The number of rotatable bonds is 6. The first-order valence-corrected chi connectivity index (χ1v) is 7.72. The zero-order valence-electron chi connectivity index (χ0n) is 12.4. The van der Waals surface area contributed by atoms with Gasteiger partial charge < -0.3 is 15.4 Å². The van der Waals surface area contributed by atoms with Crippen molar-refractivity contribution in [1.82, 2.24) is 9.97 Å². The van der Waals surface area contributed by atoms with Crippen molar-refractivity contribution in [2.75, 3.05) is 24.3 Å². The van der Waals surface area contributed by atoms with Crippen LogP contribution in [0, 0.1) is 0 Å². The van der Waals surface area contributed by atoms with Gasteiger partial charge in [0.1, 0.15) is 17.5 Å². The average molecular weight is 276 g/mol. The summed E-state index contributed by atoms with van der Waals surface area (Å²) < 4.78 is 5.54. The lowest BCUT2D eigenvalue weighted by Gasteiger charge is -2.21. The number of nitrogens with one attached hydrogen (secondary N) is 2. The number of hydrogen-bond acceptors (Lipinski definition) is 5. The van der Waals surface area contributed by atoms with Gasteiger partial charge in [-0.05, 0) is 39.0 Å². The van der Waals surface area contributed by atoms with Crippen LogP contribution in [0.3, 0.4) is 0 Å². The molecule has 20 heavy (non-hydrogen) atoms. The van der Waals surface area contributed by atoms with Crippen molar-refractivity contribution < 1.29 is 4.74 Å². The van der Waals surface area contributed by atoms with E-state index < -0.39 is 0 Å². The molecule has 5 heteroatoms. The van der Waals surface area contributed by atoms with Crippen molar-refractivity contribution in [3.05, 3.63) is 11.9 Å². The van der Waals surface area contributed by atoms with Crippen molar-refractivity contribution >= 4 is 11.6 Å². The maximum absolute atomic E-state index is 5.54. The molecule has 2 saturated carbocycles. The van der Waals surface area contributed by atoms with Gasteiger partial charge in [-0.15, -0.1) is 0 Å². The van der Waals surface area contributed by atoms with E-state index in [1.165, 1.54) is 19.3 Å². The molecular weight excluding hydrogens is 252 g/mol. The third kappa shape index (κ3) is 3.03. The Hall–Kier alpha value is -1.36. The summed E-state index contributed by atoms with van der Waals surface area (Å²) in [4.78, 5) is 9.30. The summed E-state index contributed by atoms with van der Waals surface area (Å²) in [6, 6.07) is 2.39. The van der Waals surface area contributed by atoms with E-state index in [9.17, 15) is 0 Å². The highest BCUT2D eigenvalue weighted by Gasteiger charge is 2.30. The predicted octanol–water partition coefficient (Wildman–Crippen LogP) is 2.77. The molecule has 2 atom stereocenters. The van der Waals surface area contributed by atoms with Crippen LogP contribution < -0.4 is 10.6 Å². The second-order valence-corrected chi connectivity index (χ2v) is 5.76. The fourth-order valence-corrected chi connectivity index (χ4v) is 2.90. The van der Waals surface area contributed by atoms with Crippen molar-refractivity contribution in [3.63, 3.8) is 0 Å². The summed E-state index contributed by atoms with van der Waals surface area (Å²) in [6.07, 6.45) is 6.25. The zero-order valence-corrected chi connectivity index (χ0v) is 12.4. The maximum atomic E-state index is 5.54. The first-order valence-electron chi connectivity index (χ1n) is 7.72. The van der Waals surface area contributed by atoms with Gasteiger partial charge in [0, 0.05) is 25.6 Å². The molecular formula is C15H24N4O. The number of nitrogens with zero attached hydrogens (tertiary/aromatic N) is 2. The van der Waals surface area contributed by atoms with Gasteiger partial charge in [0.2, 0.25) is 0 Å². The minimum atomic E-state index is 0.303. The fourth-order valence-electron chi connectivity index (χ4n) is 2.90. The summed E-state index contributed by atoms with van der Waals surface area (Å²) in [6.45, 7) is 2.97. The number of methoxy groups -OCH3 is 1. The second kappa shape index (κ2) is 5.95. The molecule has 3 rings (SSSR count). The largest absolute Gasteiger partial charge is 0.379 e. The standard InChI is InChI=1S/C15H24N4O/c1-3-16-13-9-14(19-15(18-13)10-7-8-10)17-11-5-4-6-12(11)20-2/h9-12H,3-8H2,1-2H3,(H2,16,17,18,19). The van der Waals surface area contributed by atoms with Crippen LogP contribution >= 0.6 is 0 Å². The summed E-state index contributed by atoms with van der Waals surface area (Å²) >= 11 is 0. The smallest absolute Gasteiger partial charge is 0.136 e. The van der Waals surface area contributed by atoms with Gasteiger partial charge in [0.25, 0.3) is 0 Å². The van der Waals surface area contributed by atoms with Crippen LogP contribution in [0.25, 0.3) is 0 Å². The fraction of sp³-hybridized carbons (Fsp3) is 0.733. The molecule has 0 radical (unpaired) electrons.